The number of carbonyl (C=O) groups excluding carboxylic acids is 1. The summed E-state index contributed by atoms with van der Waals surface area (Å²) in [6, 6.07) is 0. The standard InChI is InChI=1S/C8H10N2O2/c11-6-7-4-9-10(5-7)8-2-1-3-12-8/h4-6,8H,1-3H2. The van der Waals surface area contributed by atoms with Crippen molar-refractivity contribution in [2.75, 3.05) is 6.61 Å². The predicted molar refractivity (Wildman–Crippen MR) is 41.8 cm³/mol. The van der Waals surface area contributed by atoms with Gasteiger partial charge in [0.1, 0.15) is 6.23 Å². The first-order chi connectivity index (χ1) is 5.90. The highest BCUT2D eigenvalue weighted by Crippen LogP contribution is 2.21. The zero-order chi connectivity index (χ0) is 8.39. The summed E-state index contributed by atoms with van der Waals surface area (Å²) in [6.45, 7) is 0.793. The summed E-state index contributed by atoms with van der Waals surface area (Å²) in [4.78, 5) is 10.3. The summed E-state index contributed by atoms with van der Waals surface area (Å²) in [5.74, 6) is 0. The lowest BCUT2D eigenvalue weighted by molar-refractivity contribution is 0.0467. The van der Waals surface area contributed by atoms with Crippen LogP contribution in [0.25, 0.3) is 0 Å². The van der Waals surface area contributed by atoms with Crippen molar-refractivity contribution in [2.24, 2.45) is 0 Å². The molecule has 0 aromatic carbocycles. The third kappa shape index (κ3) is 1.25. The van der Waals surface area contributed by atoms with Crippen LogP contribution in [0.3, 0.4) is 0 Å². The molecule has 0 N–H and O–H groups in total. The highest BCUT2D eigenvalue weighted by atomic mass is 16.5. The molecule has 2 rings (SSSR count). The van der Waals surface area contributed by atoms with E-state index in [2.05, 4.69) is 5.10 Å². The Morgan fingerprint density at radius 2 is 2.67 bits per heavy atom. The quantitative estimate of drug-likeness (QED) is 0.616. The van der Waals surface area contributed by atoms with E-state index in [0.29, 0.717) is 5.56 Å². The minimum absolute atomic E-state index is 0.0405. The lowest BCUT2D eigenvalue weighted by Gasteiger charge is -2.08. The number of ether oxygens (including phenoxy) is 1. The van der Waals surface area contributed by atoms with Crippen molar-refractivity contribution < 1.29 is 9.53 Å². The van der Waals surface area contributed by atoms with E-state index in [0.717, 1.165) is 25.7 Å². The van der Waals surface area contributed by atoms with Gasteiger partial charge in [-0.2, -0.15) is 5.10 Å². The Labute approximate surface area is 70.1 Å². The molecule has 1 aliphatic rings. The highest BCUT2D eigenvalue weighted by molar-refractivity contribution is 5.73. The number of nitrogens with zero attached hydrogens (tertiary/aromatic N) is 2. The third-order valence-corrected chi connectivity index (χ3v) is 1.96. The summed E-state index contributed by atoms with van der Waals surface area (Å²) in [5, 5.41) is 4.03. The molecule has 0 bridgehead atoms. The largest absolute Gasteiger partial charge is 0.357 e. The molecule has 1 unspecified atom stereocenters. The molecule has 0 spiro atoms. The van der Waals surface area contributed by atoms with Crippen molar-refractivity contribution >= 4 is 6.29 Å². The predicted octanol–water partition coefficient (Wildman–Crippen LogP) is 1.00. The SMILES string of the molecule is O=Cc1cnn(C2CCCO2)c1. The van der Waals surface area contributed by atoms with E-state index in [1.54, 1.807) is 17.1 Å². The minimum atomic E-state index is 0.0405. The van der Waals surface area contributed by atoms with Crippen LogP contribution in [0, 0.1) is 0 Å². The lowest BCUT2D eigenvalue weighted by Crippen LogP contribution is -2.06. The first-order valence-electron chi connectivity index (χ1n) is 4.01. The van der Waals surface area contributed by atoms with Crippen molar-refractivity contribution in [2.45, 2.75) is 19.1 Å². The van der Waals surface area contributed by atoms with Crippen LogP contribution < -0.4 is 0 Å². The van der Waals surface area contributed by atoms with Crippen LogP contribution in [0.4, 0.5) is 0 Å². The van der Waals surface area contributed by atoms with Crippen molar-refractivity contribution in [3.8, 4) is 0 Å². The second-order valence-corrected chi connectivity index (χ2v) is 2.84. The molecule has 0 amide bonds. The van der Waals surface area contributed by atoms with Crippen LogP contribution >= 0.6 is 0 Å². The van der Waals surface area contributed by atoms with Gasteiger partial charge in [0.25, 0.3) is 0 Å². The normalized spacial score (nSPS) is 22.8. The van der Waals surface area contributed by atoms with E-state index in [4.69, 9.17) is 4.74 Å². The van der Waals surface area contributed by atoms with Crippen LogP contribution in [-0.2, 0) is 4.74 Å². The van der Waals surface area contributed by atoms with Crippen LogP contribution in [0.2, 0.25) is 0 Å². The Morgan fingerprint density at radius 3 is 3.25 bits per heavy atom. The van der Waals surface area contributed by atoms with Gasteiger partial charge in [-0.05, 0) is 12.8 Å². The van der Waals surface area contributed by atoms with E-state index in [-0.39, 0.29) is 6.23 Å². The fourth-order valence-electron chi connectivity index (χ4n) is 1.34. The van der Waals surface area contributed by atoms with Gasteiger partial charge in [-0.1, -0.05) is 0 Å². The Hall–Kier alpha value is -1.16. The Balaban J connectivity index is 2.16. The van der Waals surface area contributed by atoms with Gasteiger partial charge in [0.15, 0.2) is 6.29 Å². The topological polar surface area (TPSA) is 44.1 Å². The van der Waals surface area contributed by atoms with E-state index in [1.165, 1.54) is 0 Å². The number of aldehydes is 1. The molecule has 12 heavy (non-hydrogen) atoms. The van der Waals surface area contributed by atoms with Gasteiger partial charge >= 0.3 is 0 Å². The van der Waals surface area contributed by atoms with E-state index < -0.39 is 0 Å². The van der Waals surface area contributed by atoms with Gasteiger partial charge < -0.3 is 4.74 Å². The summed E-state index contributed by atoms with van der Waals surface area (Å²) >= 11 is 0. The van der Waals surface area contributed by atoms with E-state index >= 15 is 0 Å². The molecular weight excluding hydrogens is 156 g/mol. The van der Waals surface area contributed by atoms with Crippen molar-refractivity contribution in [3.05, 3.63) is 18.0 Å². The molecule has 1 aliphatic heterocycles. The van der Waals surface area contributed by atoms with Crippen LogP contribution in [0.5, 0.6) is 0 Å². The minimum Gasteiger partial charge on any atom is -0.357 e. The molecule has 4 nitrogen and oxygen atoms in total. The Morgan fingerprint density at radius 1 is 1.75 bits per heavy atom. The zero-order valence-electron chi connectivity index (χ0n) is 6.64. The molecule has 4 heteroatoms. The number of rotatable bonds is 2. The summed E-state index contributed by atoms with van der Waals surface area (Å²) in [6.07, 6.45) is 6.15. The molecule has 1 aromatic heterocycles. The maximum absolute atomic E-state index is 10.3. The Kier molecular flexibility index (Phi) is 1.91. The smallest absolute Gasteiger partial charge is 0.153 e. The first kappa shape index (κ1) is 7.49. The monoisotopic (exact) mass is 166 g/mol. The fraction of sp³-hybridized carbons (Fsp3) is 0.500. The van der Waals surface area contributed by atoms with Crippen molar-refractivity contribution in [3.63, 3.8) is 0 Å². The molecule has 1 atom stereocenters. The third-order valence-electron chi connectivity index (χ3n) is 1.96. The summed E-state index contributed by atoms with van der Waals surface area (Å²) in [5.41, 5.74) is 0.602. The maximum atomic E-state index is 10.3. The number of hydrogen-bond acceptors (Lipinski definition) is 3. The van der Waals surface area contributed by atoms with E-state index in [1.807, 2.05) is 0 Å². The molecule has 1 fully saturated rings. The number of aromatic nitrogens is 2. The molecule has 0 saturated carbocycles. The fourth-order valence-corrected chi connectivity index (χ4v) is 1.34. The molecule has 1 aromatic rings. The maximum Gasteiger partial charge on any atom is 0.153 e. The van der Waals surface area contributed by atoms with Crippen LogP contribution in [0.1, 0.15) is 29.4 Å². The number of hydrogen-bond donors (Lipinski definition) is 0. The summed E-state index contributed by atoms with van der Waals surface area (Å²) < 4.78 is 7.09. The zero-order valence-corrected chi connectivity index (χ0v) is 6.64. The van der Waals surface area contributed by atoms with Crippen LogP contribution in [0.15, 0.2) is 12.4 Å². The summed E-state index contributed by atoms with van der Waals surface area (Å²) in [7, 11) is 0. The highest BCUT2D eigenvalue weighted by Gasteiger charge is 2.17. The van der Waals surface area contributed by atoms with Crippen molar-refractivity contribution in [1.82, 2.24) is 9.78 Å². The number of carbonyl (C=O) groups is 1. The molecule has 64 valence electrons. The van der Waals surface area contributed by atoms with Gasteiger partial charge in [0.2, 0.25) is 0 Å². The van der Waals surface area contributed by atoms with Gasteiger partial charge in [-0.15, -0.1) is 0 Å². The molecule has 1 saturated heterocycles. The average Bonchev–Trinajstić information content (AvgIpc) is 2.75. The van der Waals surface area contributed by atoms with Crippen molar-refractivity contribution in [1.29, 1.82) is 0 Å². The average molecular weight is 166 g/mol. The molecular formula is C8H10N2O2. The van der Waals surface area contributed by atoms with Gasteiger partial charge in [0.05, 0.1) is 11.8 Å². The Bertz CT molecular complexity index is 276. The van der Waals surface area contributed by atoms with E-state index in [9.17, 15) is 4.79 Å². The lowest BCUT2D eigenvalue weighted by atomic mass is 10.3. The van der Waals surface area contributed by atoms with Gasteiger partial charge in [0, 0.05) is 12.8 Å². The van der Waals surface area contributed by atoms with Gasteiger partial charge in [-0.3, -0.25) is 4.79 Å². The molecule has 0 radical (unpaired) electrons. The van der Waals surface area contributed by atoms with Gasteiger partial charge in [-0.25, -0.2) is 4.68 Å². The first-order valence-corrected chi connectivity index (χ1v) is 4.01. The second-order valence-electron chi connectivity index (χ2n) is 2.84. The molecule has 2 heterocycles. The molecule has 0 aliphatic carbocycles. The second kappa shape index (κ2) is 3.06. The van der Waals surface area contributed by atoms with Crippen LogP contribution in [-0.4, -0.2) is 22.7 Å².